The van der Waals surface area contributed by atoms with E-state index in [0.717, 1.165) is 50.0 Å². The van der Waals surface area contributed by atoms with E-state index >= 15 is 0 Å². The first-order valence-electron chi connectivity index (χ1n) is 13.3. The number of halogens is 3. The highest BCUT2D eigenvalue weighted by Crippen LogP contribution is 2.39. The van der Waals surface area contributed by atoms with Crippen LogP contribution in [0.1, 0.15) is 45.7 Å². The zero-order valence-corrected chi connectivity index (χ0v) is 25.3. The zero-order chi connectivity index (χ0) is 33.1. The van der Waals surface area contributed by atoms with E-state index in [1.807, 2.05) is 60.0 Å². The number of nitrogens with one attached hydrogen (secondary N) is 1. The van der Waals surface area contributed by atoms with Gasteiger partial charge in [0, 0.05) is 21.7 Å². The number of benzene rings is 2. The number of aliphatic imine (C=N–C) groups is 1. The number of ether oxygens (including phenoxy) is 1. The summed E-state index contributed by atoms with van der Waals surface area (Å²) in [6.07, 6.45) is -5.02. The molecule has 1 atom stereocenters. The van der Waals surface area contributed by atoms with Crippen molar-refractivity contribution in [3.63, 3.8) is 0 Å². The lowest BCUT2D eigenvalue weighted by Gasteiger charge is -2.12. The quantitative estimate of drug-likeness (QED) is 0.221. The topological polar surface area (TPSA) is 156 Å². The van der Waals surface area contributed by atoms with E-state index in [9.17, 15) is 22.8 Å². The third kappa shape index (κ3) is 7.37. The van der Waals surface area contributed by atoms with Gasteiger partial charge < -0.3 is 20.3 Å². The third-order valence-electron chi connectivity index (χ3n) is 6.89. The van der Waals surface area contributed by atoms with Gasteiger partial charge in [-0.2, -0.15) is 13.2 Å². The minimum absolute atomic E-state index is 0.0610. The number of carbonyl (C=O) groups is 3. The fourth-order valence-electron chi connectivity index (χ4n) is 4.54. The van der Waals surface area contributed by atoms with Crippen LogP contribution < -0.4 is 5.32 Å². The van der Waals surface area contributed by atoms with Crippen molar-refractivity contribution < 1.29 is 42.5 Å². The number of anilines is 1. The first-order chi connectivity index (χ1) is 21.2. The maximum atomic E-state index is 12.3. The summed E-state index contributed by atoms with van der Waals surface area (Å²) in [5, 5.41) is 28.5. The van der Waals surface area contributed by atoms with Crippen LogP contribution in [-0.4, -0.2) is 68.4 Å². The largest absolute Gasteiger partial charge is 0.490 e. The number of carboxylic acids is 2. The lowest BCUT2D eigenvalue weighted by atomic mass is 9.97. The van der Waals surface area contributed by atoms with Crippen molar-refractivity contribution >= 4 is 40.6 Å². The average Bonchev–Trinajstić information content (AvgIpc) is 3.47. The number of nitrogens with zero attached hydrogens (tertiary/aromatic N) is 4. The van der Waals surface area contributed by atoms with Gasteiger partial charge >= 0.3 is 24.1 Å². The third-order valence-corrected chi connectivity index (χ3v) is 8.08. The molecule has 4 aromatic rings. The number of rotatable bonds is 7. The van der Waals surface area contributed by atoms with Gasteiger partial charge in [-0.1, -0.05) is 36.4 Å². The summed E-state index contributed by atoms with van der Waals surface area (Å²) < 4.78 is 38.7. The number of aromatic nitrogens is 3. The molecule has 3 heterocycles. The van der Waals surface area contributed by atoms with Crippen molar-refractivity contribution in [1.82, 2.24) is 14.8 Å². The van der Waals surface area contributed by atoms with Crippen LogP contribution >= 0.6 is 11.3 Å². The molecule has 2 aromatic heterocycles. The van der Waals surface area contributed by atoms with Crippen molar-refractivity contribution in [3.05, 3.63) is 81.7 Å². The number of carboxylic acid groups (broad SMARTS) is 2. The molecule has 5 rings (SSSR count). The smallest absolute Gasteiger partial charge is 0.480 e. The lowest BCUT2D eigenvalue weighted by molar-refractivity contribution is -0.192. The fourth-order valence-corrected chi connectivity index (χ4v) is 5.76. The van der Waals surface area contributed by atoms with Gasteiger partial charge in [-0.15, -0.1) is 21.5 Å². The number of carbonyl (C=O) groups excluding carboxylic acids is 1. The van der Waals surface area contributed by atoms with E-state index < -0.39 is 24.2 Å². The Morgan fingerprint density at radius 2 is 1.51 bits per heavy atom. The number of aryl methyl sites for hydroxylation is 2. The Kier molecular flexibility index (Phi) is 9.71. The first kappa shape index (κ1) is 32.9. The molecular formula is C30H28F3N5O6S. The fraction of sp³-hybridized carbons (Fsp3) is 0.267. The number of aliphatic carboxylic acids is 2. The lowest BCUT2D eigenvalue weighted by Crippen LogP contribution is -2.21. The van der Waals surface area contributed by atoms with E-state index in [2.05, 4.69) is 29.4 Å². The molecule has 1 aliphatic rings. The number of methoxy groups -OCH3 is 1. The maximum Gasteiger partial charge on any atom is 0.490 e. The van der Waals surface area contributed by atoms with Gasteiger partial charge in [0.2, 0.25) is 0 Å². The Hall–Kier alpha value is -5.05. The summed E-state index contributed by atoms with van der Waals surface area (Å²) in [6.45, 7) is 5.96. The molecule has 2 aromatic carbocycles. The van der Waals surface area contributed by atoms with Crippen LogP contribution in [0.2, 0.25) is 0 Å². The molecule has 15 heteroatoms. The normalized spacial score (nSPS) is 13.8. The highest BCUT2D eigenvalue weighted by atomic mass is 32.1. The zero-order valence-electron chi connectivity index (χ0n) is 24.5. The maximum absolute atomic E-state index is 12.3. The van der Waals surface area contributed by atoms with Crippen molar-refractivity contribution in [3.8, 4) is 16.1 Å². The molecule has 0 saturated carbocycles. The molecule has 0 fully saturated rings. The number of hydrogen-bond donors (Lipinski definition) is 3. The van der Waals surface area contributed by atoms with E-state index in [1.54, 1.807) is 11.3 Å². The highest BCUT2D eigenvalue weighted by Gasteiger charge is 2.38. The number of hydrogen-bond acceptors (Lipinski definition) is 9. The summed E-state index contributed by atoms with van der Waals surface area (Å²) in [4.78, 5) is 38.3. The Morgan fingerprint density at radius 1 is 0.956 bits per heavy atom. The molecule has 3 N–H and O–H groups in total. The number of esters is 1. The van der Waals surface area contributed by atoms with Gasteiger partial charge in [0.05, 0.1) is 19.2 Å². The number of alkyl halides is 3. The van der Waals surface area contributed by atoms with Gasteiger partial charge in [-0.25, -0.2) is 4.79 Å². The van der Waals surface area contributed by atoms with Crippen LogP contribution in [0.5, 0.6) is 0 Å². The number of fused-ring (bicyclic) bond motifs is 3. The molecule has 0 radical (unpaired) electrons. The van der Waals surface area contributed by atoms with Crippen LogP contribution in [0, 0.1) is 20.8 Å². The molecule has 0 saturated heterocycles. The molecule has 0 aliphatic carbocycles. The van der Waals surface area contributed by atoms with E-state index in [4.69, 9.17) is 24.7 Å². The average molecular weight is 644 g/mol. The van der Waals surface area contributed by atoms with E-state index in [1.165, 1.54) is 12.0 Å². The van der Waals surface area contributed by atoms with Gasteiger partial charge in [0.25, 0.3) is 0 Å². The monoisotopic (exact) mass is 643 g/mol. The summed E-state index contributed by atoms with van der Waals surface area (Å²) in [5.74, 6) is -2.66. The van der Waals surface area contributed by atoms with Crippen molar-refractivity contribution in [2.45, 2.75) is 39.4 Å². The molecule has 0 unspecified atom stereocenters. The molecule has 45 heavy (non-hydrogen) atoms. The predicted octanol–water partition coefficient (Wildman–Crippen LogP) is 5.51. The van der Waals surface area contributed by atoms with Crippen molar-refractivity contribution in [2.24, 2.45) is 4.99 Å². The van der Waals surface area contributed by atoms with Crippen LogP contribution in [0.3, 0.4) is 0 Å². The minimum atomic E-state index is -5.08. The molecule has 11 nitrogen and oxygen atoms in total. The Balaban J connectivity index is 0.000000591. The molecule has 0 bridgehead atoms. The SMILES string of the molecule is COC(=O)C[C@@H]1N=C(c2ccc(-c3ccc(NCC(=O)O)cc3)cc2)c2c(sc(C)c2C)-n2c(C)nnc21.O=C(O)C(F)(F)F. The summed E-state index contributed by atoms with van der Waals surface area (Å²) in [6, 6.07) is 15.2. The number of thiophene rings is 1. The van der Waals surface area contributed by atoms with Crippen LogP contribution in [0.25, 0.3) is 16.1 Å². The van der Waals surface area contributed by atoms with Crippen molar-refractivity contribution in [1.29, 1.82) is 0 Å². The van der Waals surface area contributed by atoms with Gasteiger partial charge in [0.1, 0.15) is 23.4 Å². The minimum Gasteiger partial charge on any atom is -0.480 e. The van der Waals surface area contributed by atoms with Gasteiger partial charge in [0.15, 0.2) is 5.82 Å². The molecule has 1 aliphatic heterocycles. The van der Waals surface area contributed by atoms with Crippen LogP contribution in [-0.2, 0) is 19.1 Å². The Morgan fingerprint density at radius 3 is 2.04 bits per heavy atom. The summed E-state index contributed by atoms with van der Waals surface area (Å²) in [5.41, 5.74) is 6.66. The predicted molar refractivity (Wildman–Crippen MR) is 160 cm³/mol. The van der Waals surface area contributed by atoms with Crippen LogP contribution in [0.15, 0.2) is 53.5 Å². The van der Waals surface area contributed by atoms with E-state index in [0.29, 0.717) is 5.82 Å². The first-order valence-corrected chi connectivity index (χ1v) is 14.2. The van der Waals surface area contributed by atoms with Gasteiger partial charge in [-0.3, -0.25) is 19.1 Å². The molecule has 236 valence electrons. The molecule has 0 spiro atoms. The van der Waals surface area contributed by atoms with Gasteiger partial charge in [-0.05, 0) is 49.6 Å². The summed E-state index contributed by atoms with van der Waals surface area (Å²) >= 11 is 1.67. The second kappa shape index (κ2) is 13.3. The van der Waals surface area contributed by atoms with Crippen LogP contribution in [0.4, 0.5) is 18.9 Å². The second-order valence-corrected chi connectivity index (χ2v) is 11.1. The molecule has 0 amide bonds. The standard InChI is InChI=1S/C28H27N5O4S.C2HF3O2/c1-15-16(2)38-28-25(15)26(30-22(13-24(36)37-4)27-32-31-17(3)33(27)28)20-7-5-18(6-8-20)19-9-11-21(12-10-19)29-14-23(34)35;3-2(4,5)1(6)7/h5-12,22,29H,13-14H2,1-4H3,(H,34,35);(H,6,7)/t22-;/m0./s1. The Labute approximate surface area is 259 Å². The summed E-state index contributed by atoms with van der Waals surface area (Å²) in [7, 11) is 1.37. The second-order valence-electron chi connectivity index (χ2n) is 9.88. The molecular weight excluding hydrogens is 615 g/mol. The van der Waals surface area contributed by atoms with Crippen molar-refractivity contribution in [2.75, 3.05) is 19.0 Å². The Bertz CT molecular complexity index is 1760. The van der Waals surface area contributed by atoms with E-state index in [-0.39, 0.29) is 18.9 Å². The highest BCUT2D eigenvalue weighted by molar-refractivity contribution is 7.15.